The van der Waals surface area contributed by atoms with Gasteiger partial charge in [-0.1, -0.05) is 28.1 Å². The summed E-state index contributed by atoms with van der Waals surface area (Å²) in [5, 5.41) is 13.2. The smallest absolute Gasteiger partial charge is 0.322 e. The minimum Gasteiger partial charge on any atom is -0.322 e. The number of para-hydroxylation sites is 1. The summed E-state index contributed by atoms with van der Waals surface area (Å²) in [7, 11) is 0. The first kappa shape index (κ1) is 17.1. The Kier molecular flexibility index (Phi) is 4.53. The minimum absolute atomic E-state index is 0.0204. The van der Waals surface area contributed by atoms with Crippen LogP contribution in [0.3, 0.4) is 0 Å². The lowest BCUT2D eigenvalue weighted by atomic mass is 10.1. The zero-order chi connectivity index (χ0) is 18.0. The van der Waals surface area contributed by atoms with Crippen LogP contribution in [-0.4, -0.2) is 26.1 Å². The van der Waals surface area contributed by atoms with Gasteiger partial charge < -0.3 is 5.32 Å². The summed E-state index contributed by atoms with van der Waals surface area (Å²) < 4.78 is 40.1. The first-order chi connectivity index (χ1) is 11.9. The van der Waals surface area contributed by atoms with Crippen LogP contribution < -0.4 is 5.32 Å². The summed E-state index contributed by atoms with van der Waals surface area (Å²) in [5.74, 6) is -0.582. The van der Waals surface area contributed by atoms with Crippen LogP contribution in [0.5, 0.6) is 0 Å². The number of halogens is 4. The summed E-state index contributed by atoms with van der Waals surface area (Å²) in [6.45, 7) is 0. The van der Waals surface area contributed by atoms with Crippen molar-refractivity contribution in [1.82, 2.24) is 20.2 Å². The first-order valence-electron chi connectivity index (χ1n) is 6.87. The van der Waals surface area contributed by atoms with Crippen molar-refractivity contribution in [2.75, 3.05) is 5.32 Å². The largest absolute Gasteiger partial charge is 0.417 e. The number of nitrogens with zero attached hydrogens (tertiary/aromatic N) is 4. The van der Waals surface area contributed by atoms with Gasteiger partial charge in [0.2, 0.25) is 0 Å². The molecule has 0 radical (unpaired) electrons. The lowest BCUT2D eigenvalue weighted by Gasteiger charge is -2.13. The van der Waals surface area contributed by atoms with E-state index >= 15 is 0 Å². The first-order valence-corrected chi connectivity index (χ1v) is 7.66. The van der Waals surface area contributed by atoms with Gasteiger partial charge in [0, 0.05) is 10.2 Å². The van der Waals surface area contributed by atoms with Gasteiger partial charge in [-0.25, -0.2) is 0 Å². The predicted octanol–water partition coefficient (Wildman–Crippen LogP) is 3.70. The number of carbonyl (C=O) groups excluding carboxylic acids is 1. The third-order valence-corrected chi connectivity index (χ3v) is 3.97. The highest BCUT2D eigenvalue weighted by molar-refractivity contribution is 9.10. The molecule has 10 heteroatoms. The second kappa shape index (κ2) is 6.63. The number of tetrazole rings is 1. The van der Waals surface area contributed by atoms with Crippen LogP contribution in [0, 0.1) is 0 Å². The van der Waals surface area contributed by atoms with E-state index in [0.717, 1.165) is 6.07 Å². The Morgan fingerprint density at radius 1 is 1.16 bits per heavy atom. The van der Waals surface area contributed by atoms with E-state index in [1.807, 2.05) is 0 Å². The van der Waals surface area contributed by atoms with Gasteiger partial charge in [0.15, 0.2) is 0 Å². The van der Waals surface area contributed by atoms with Crippen LogP contribution in [0.2, 0.25) is 0 Å². The van der Waals surface area contributed by atoms with Gasteiger partial charge in [0.05, 0.1) is 16.8 Å². The number of nitrogens with one attached hydrogen (secondary N) is 1. The fourth-order valence-electron chi connectivity index (χ4n) is 2.16. The lowest BCUT2D eigenvalue weighted by molar-refractivity contribution is -0.138. The fraction of sp³-hybridized carbons (Fsp3) is 0.0667. The zero-order valence-electron chi connectivity index (χ0n) is 12.3. The third kappa shape index (κ3) is 3.68. The molecule has 1 aromatic heterocycles. The Morgan fingerprint density at radius 2 is 1.92 bits per heavy atom. The van der Waals surface area contributed by atoms with Crippen LogP contribution in [-0.2, 0) is 6.18 Å². The van der Waals surface area contributed by atoms with Gasteiger partial charge >= 0.3 is 6.18 Å². The number of aromatic nitrogens is 4. The SMILES string of the molecule is O=C(Nc1ccc(Br)c(C(F)(F)F)c1)c1ccccc1-n1cnnn1. The molecule has 25 heavy (non-hydrogen) atoms. The van der Waals surface area contributed by atoms with Crippen LogP contribution in [0.25, 0.3) is 5.69 Å². The van der Waals surface area contributed by atoms with Crippen molar-refractivity contribution in [3.8, 4) is 5.69 Å². The van der Waals surface area contributed by atoms with Crippen molar-refractivity contribution in [1.29, 1.82) is 0 Å². The highest BCUT2D eigenvalue weighted by Crippen LogP contribution is 2.36. The summed E-state index contributed by atoms with van der Waals surface area (Å²) in [6, 6.07) is 9.93. The quantitative estimate of drug-likeness (QED) is 0.712. The Labute approximate surface area is 147 Å². The number of hydrogen-bond acceptors (Lipinski definition) is 4. The number of hydrogen-bond donors (Lipinski definition) is 1. The Bertz CT molecular complexity index is 912. The maximum Gasteiger partial charge on any atom is 0.417 e. The van der Waals surface area contributed by atoms with Gasteiger partial charge in [0.1, 0.15) is 6.33 Å². The molecule has 0 unspecified atom stereocenters. The number of benzene rings is 2. The molecule has 1 N–H and O–H groups in total. The van der Waals surface area contributed by atoms with Crippen molar-refractivity contribution in [3.63, 3.8) is 0 Å². The van der Waals surface area contributed by atoms with Crippen molar-refractivity contribution < 1.29 is 18.0 Å². The molecule has 0 aliphatic carbocycles. The van der Waals surface area contributed by atoms with E-state index in [-0.39, 0.29) is 15.7 Å². The number of rotatable bonds is 3. The summed E-state index contributed by atoms with van der Waals surface area (Å²) in [4.78, 5) is 12.5. The molecule has 0 fully saturated rings. The molecule has 2 aromatic carbocycles. The maximum absolute atomic E-state index is 13.0. The summed E-state index contributed by atoms with van der Waals surface area (Å²) in [5.41, 5.74) is -0.240. The molecular weight excluding hydrogens is 403 g/mol. The average Bonchev–Trinajstić information content (AvgIpc) is 3.10. The standard InChI is InChI=1S/C15H9BrF3N5O/c16-12-6-5-9(7-11(12)15(17,18)19)21-14(25)10-3-1-2-4-13(10)24-8-20-22-23-24/h1-8H,(H,21,25). The van der Waals surface area contributed by atoms with E-state index < -0.39 is 17.6 Å². The molecule has 0 atom stereocenters. The Balaban J connectivity index is 1.92. The molecule has 0 aliphatic rings. The highest BCUT2D eigenvalue weighted by atomic mass is 79.9. The Hall–Kier alpha value is -2.75. The molecule has 0 spiro atoms. The van der Waals surface area contributed by atoms with E-state index in [0.29, 0.717) is 5.69 Å². The van der Waals surface area contributed by atoms with Gasteiger partial charge in [0.25, 0.3) is 5.91 Å². The molecule has 1 heterocycles. The van der Waals surface area contributed by atoms with E-state index in [2.05, 4.69) is 36.8 Å². The molecule has 0 saturated heterocycles. The monoisotopic (exact) mass is 411 g/mol. The number of anilines is 1. The average molecular weight is 412 g/mol. The zero-order valence-corrected chi connectivity index (χ0v) is 13.9. The molecule has 3 rings (SSSR count). The highest BCUT2D eigenvalue weighted by Gasteiger charge is 2.33. The number of alkyl halides is 3. The molecule has 0 aliphatic heterocycles. The van der Waals surface area contributed by atoms with Crippen LogP contribution >= 0.6 is 15.9 Å². The van der Waals surface area contributed by atoms with Gasteiger partial charge in [-0.3, -0.25) is 4.79 Å². The van der Waals surface area contributed by atoms with Gasteiger partial charge in [-0.15, -0.1) is 5.10 Å². The fourth-order valence-corrected chi connectivity index (χ4v) is 2.63. The second-order valence-electron chi connectivity index (χ2n) is 4.92. The van der Waals surface area contributed by atoms with Crippen molar-refractivity contribution in [2.24, 2.45) is 0 Å². The molecule has 1 amide bonds. The van der Waals surface area contributed by atoms with E-state index in [9.17, 15) is 18.0 Å². The molecule has 6 nitrogen and oxygen atoms in total. The third-order valence-electron chi connectivity index (χ3n) is 3.27. The number of carbonyl (C=O) groups is 1. The molecular formula is C15H9BrF3N5O. The van der Waals surface area contributed by atoms with Gasteiger partial charge in [-0.05, 0) is 40.8 Å². The van der Waals surface area contributed by atoms with E-state index in [1.165, 1.54) is 29.2 Å². The van der Waals surface area contributed by atoms with Crippen molar-refractivity contribution in [3.05, 3.63) is 64.4 Å². The predicted molar refractivity (Wildman–Crippen MR) is 86.3 cm³/mol. The van der Waals surface area contributed by atoms with Crippen LogP contribution in [0.1, 0.15) is 15.9 Å². The lowest BCUT2D eigenvalue weighted by Crippen LogP contribution is -2.16. The molecule has 128 valence electrons. The maximum atomic E-state index is 13.0. The molecule has 0 bridgehead atoms. The summed E-state index contributed by atoms with van der Waals surface area (Å²) in [6.07, 6.45) is -3.22. The molecule has 0 saturated carbocycles. The molecule has 3 aromatic rings. The van der Waals surface area contributed by atoms with E-state index in [4.69, 9.17) is 0 Å². The van der Waals surface area contributed by atoms with Gasteiger partial charge in [-0.2, -0.15) is 17.9 Å². The second-order valence-corrected chi connectivity index (χ2v) is 5.77. The normalized spacial score (nSPS) is 11.4. The summed E-state index contributed by atoms with van der Waals surface area (Å²) >= 11 is 2.86. The van der Waals surface area contributed by atoms with Crippen LogP contribution in [0.15, 0.2) is 53.3 Å². The minimum atomic E-state index is -4.54. The van der Waals surface area contributed by atoms with E-state index in [1.54, 1.807) is 18.2 Å². The van der Waals surface area contributed by atoms with Crippen LogP contribution in [0.4, 0.5) is 18.9 Å². The van der Waals surface area contributed by atoms with Crippen molar-refractivity contribution >= 4 is 27.5 Å². The van der Waals surface area contributed by atoms with Crippen molar-refractivity contribution in [2.45, 2.75) is 6.18 Å². The number of amides is 1. The Morgan fingerprint density at radius 3 is 2.60 bits per heavy atom. The topological polar surface area (TPSA) is 72.7 Å².